The maximum Gasteiger partial charge on any atom is 0.0337 e. The van der Waals surface area contributed by atoms with Gasteiger partial charge in [0.2, 0.25) is 0 Å². The van der Waals surface area contributed by atoms with E-state index >= 15 is 0 Å². The van der Waals surface area contributed by atoms with Crippen LogP contribution in [0.15, 0.2) is 12.4 Å². The summed E-state index contributed by atoms with van der Waals surface area (Å²) in [7, 11) is 0. The smallest absolute Gasteiger partial charge is 0.0337 e. The van der Waals surface area contributed by atoms with Crippen molar-refractivity contribution in [1.29, 1.82) is 0 Å². The first-order chi connectivity index (χ1) is 9.36. The maximum atomic E-state index is 3.67. The summed E-state index contributed by atoms with van der Waals surface area (Å²) in [6.07, 6.45) is 16.0. The second-order valence-corrected chi connectivity index (χ2v) is 6.44. The molecular weight excluding hydrogens is 232 g/mol. The standard InChI is InChI=1S/C17H28N2/c1-2-18-17-10-6-5-9-15-12-19(13-16(15)17)11-14-7-3-4-8-14/h12-14,17-18H,2-11H2,1H3. The van der Waals surface area contributed by atoms with E-state index in [4.69, 9.17) is 0 Å². The Kier molecular flexibility index (Phi) is 4.27. The summed E-state index contributed by atoms with van der Waals surface area (Å²) in [4.78, 5) is 0. The van der Waals surface area contributed by atoms with Crippen LogP contribution in [0.2, 0.25) is 0 Å². The van der Waals surface area contributed by atoms with Gasteiger partial charge in [-0.1, -0.05) is 26.2 Å². The third kappa shape index (κ3) is 3.05. The molecule has 2 nitrogen and oxygen atoms in total. The zero-order valence-corrected chi connectivity index (χ0v) is 12.3. The van der Waals surface area contributed by atoms with Crippen LogP contribution in [0, 0.1) is 5.92 Å². The zero-order valence-electron chi connectivity index (χ0n) is 12.3. The number of hydrogen-bond acceptors (Lipinski definition) is 1. The van der Waals surface area contributed by atoms with Gasteiger partial charge in [0.25, 0.3) is 0 Å². The van der Waals surface area contributed by atoms with Crippen molar-refractivity contribution in [1.82, 2.24) is 9.88 Å². The monoisotopic (exact) mass is 260 g/mol. The lowest BCUT2D eigenvalue weighted by atomic mass is 10.0. The van der Waals surface area contributed by atoms with Gasteiger partial charge in [0, 0.05) is 25.0 Å². The molecule has 1 fully saturated rings. The van der Waals surface area contributed by atoms with Gasteiger partial charge in [0.1, 0.15) is 0 Å². The summed E-state index contributed by atoms with van der Waals surface area (Å²) in [6, 6.07) is 0.604. The molecular formula is C17H28N2. The molecule has 1 aromatic heterocycles. The molecule has 0 radical (unpaired) electrons. The number of nitrogens with zero attached hydrogens (tertiary/aromatic N) is 1. The molecule has 0 aliphatic heterocycles. The Morgan fingerprint density at radius 2 is 1.89 bits per heavy atom. The van der Waals surface area contributed by atoms with Crippen molar-refractivity contribution in [2.24, 2.45) is 5.92 Å². The Bertz CT molecular complexity index is 401. The van der Waals surface area contributed by atoms with Crippen LogP contribution in [-0.2, 0) is 13.0 Å². The predicted octanol–water partition coefficient (Wildman–Crippen LogP) is 4.06. The predicted molar refractivity (Wildman–Crippen MR) is 80.4 cm³/mol. The van der Waals surface area contributed by atoms with E-state index in [-0.39, 0.29) is 0 Å². The normalized spacial score (nSPS) is 24.4. The van der Waals surface area contributed by atoms with Crippen LogP contribution in [-0.4, -0.2) is 11.1 Å². The van der Waals surface area contributed by atoms with Gasteiger partial charge in [0.05, 0.1) is 0 Å². The number of nitrogens with one attached hydrogen (secondary N) is 1. The van der Waals surface area contributed by atoms with Gasteiger partial charge < -0.3 is 9.88 Å². The molecule has 2 aliphatic rings. The van der Waals surface area contributed by atoms with E-state index in [2.05, 4.69) is 29.2 Å². The van der Waals surface area contributed by atoms with Gasteiger partial charge in [-0.05, 0) is 55.7 Å². The lowest BCUT2D eigenvalue weighted by molar-refractivity contribution is 0.453. The van der Waals surface area contributed by atoms with E-state index < -0.39 is 0 Å². The first-order valence-corrected chi connectivity index (χ1v) is 8.28. The minimum absolute atomic E-state index is 0.604. The fraction of sp³-hybridized carbons (Fsp3) is 0.765. The number of rotatable bonds is 4. The van der Waals surface area contributed by atoms with Gasteiger partial charge in [-0.25, -0.2) is 0 Å². The van der Waals surface area contributed by atoms with Crippen molar-refractivity contribution in [3.8, 4) is 0 Å². The van der Waals surface area contributed by atoms with Gasteiger partial charge in [-0.3, -0.25) is 0 Å². The molecule has 0 spiro atoms. The van der Waals surface area contributed by atoms with Crippen LogP contribution in [0.4, 0.5) is 0 Å². The third-order valence-corrected chi connectivity index (χ3v) is 4.96. The molecule has 1 saturated carbocycles. The van der Waals surface area contributed by atoms with Gasteiger partial charge in [-0.2, -0.15) is 0 Å². The Balaban J connectivity index is 1.75. The molecule has 2 aliphatic carbocycles. The topological polar surface area (TPSA) is 17.0 Å². The third-order valence-electron chi connectivity index (χ3n) is 4.96. The van der Waals surface area contributed by atoms with Crippen LogP contribution < -0.4 is 5.32 Å². The van der Waals surface area contributed by atoms with Crippen LogP contribution >= 0.6 is 0 Å². The molecule has 19 heavy (non-hydrogen) atoms. The molecule has 2 heteroatoms. The lowest BCUT2D eigenvalue weighted by Crippen LogP contribution is -2.20. The summed E-state index contributed by atoms with van der Waals surface area (Å²) >= 11 is 0. The molecule has 106 valence electrons. The lowest BCUT2D eigenvalue weighted by Gasteiger charge is -2.16. The molecule has 0 bridgehead atoms. The van der Waals surface area contributed by atoms with Gasteiger partial charge in [-0.15, -0.1) is 0 Å². The van der Waals surface area contributed by atoms with E-state index in [1.54, 1.807) is 11.1 Å². The number of fused-ring (bicyclic) bond motifs is 1. The van der Waals surface area contributed by atoms with Crippen molar-refractivity contribution in [3.05, 3.63) is 23.5 Å². The molecule has 1 atom stereocenters. The minimum atomic E-state index is 0.604. The molecule has 0 aromatic carbocycles. The van der Waals surface area contributed by atoms with Crippen molar-refractivity contribution < 1.29 is 0 Å². The quantitative estimate of drug-likeness (QED) is 0.808. The molecule has 1 aromatic rings. The molecule has 1 heterocycles. The second kappa shape index (κ2) is 6.13. The van der Waals surface area contributed by atoms with Crippen LogP contribution in [0.3, 0.4) is 0 Å². The number of aryl methyl sites for hydroxylation is 1. The first kappa shape index (κ1) is 13.2. The fourth-order valence-corrected chi connectivity index (χ4v) is 3.97. The second-order valence-electron chi connectivity index (χ2n) is 6.44. The Labute approximate surface area is 117 Å². The van der Waals surface area contributed by atoms with Gasteiger partial charge in [0.15, 0.2) is 0 Å². The summed E-state index contributed by atoms with van der Waals surface area (Å²) < 4.78 is 2.50. The summed E-state index contributed by atoms with van der Waals surface area (Å²) in [5.74, 6) is 0.939. The van der Waals surface area contributed by atoms with Crippen molar-refractivity contribution in [3.63, 3.8) is 0 Å². The Morgan fingerprint density at radius 3 is 2.68 bits per heavy atom. The van der Waals surface area contributed by atoms with E-state index in [0.29, 0.717) is 6.04 Å². The van der Waals surface area contributed by atoms with E-state index in [1.807, 2.05) is 0 Å². The van der Waals surface area contributed by atoms with Crippen molar-refractivity contribution in [2.45, 2.75) is 70.9 Å². The SMILES string of the molecule is CCNC1CCCCc2cn(CC3CCCC3)cc21. The highest BCUT2D eigenvalue weighted by Crippen LogP contribution is 2.31. The molecule has 0 saturated heterocycles. The number of hydrogen-bond donors (Lipinski definition) is 1. The van der Waals surface area contributed by atoms with E-state index in [0.717, 1.165) is 12.5 Å². The van der Waals surface area contributed by atoms with Gasteiger partial charge >= 0.3 is 0 Å². The maximum absolute atomic E-state index is 3.67. The average molecular weight is 260 g/mol. The van der Waals surface area contributed by atoms with Crippen LogP contribution in [0.5, 0.6) is 0 Å². The molecule has 3 rings (SSSR count). The molecule has 1 N–H and O–H groups in total. The Morgan fingerprint density at radius 1 is 1.11 bits per heavy atom. The van der Waals surface area contributed by atoms with Crippen molar-refractivity contribution in [2.75, 3.05) is 6.54 Å². The Hall–Kier alpha value is -0.760. The summed E-state index contributed by atoms with van der Waals surface area (Å²) in [6.45, 7) is 4.56. The average Bonchev–Trinajstić information content (AvgIpc) is 3.00. The largest absolute Gasteiger partial charge is 0.353 e. The highest BCUT2D eigenvalue weighted by Gasteiger charge is 2.21. The molecule has 1 unspecified atom stereocenters. The van der Waals surface area contributed by atoms with E-state index in [1.165, 1.54) is 57.9 Å². The fourth-order valence-electron chi connectivity index (χ4n) is 3.97. The van der Waals surface area contributed by atoms with Crippen molar-refractivity contribution >= 4 is 0 Å². The summed E-state index contributed by atoms with van der Waals surface area (Å²) in [5.41, 5.74) is 3.21. The van der Waals surface area contributed by atoms with Crippen LogP contribution in [0.1, 0.15) is 69.0 Å². The van der Waals surface area contributed by atoms with E-state index in [9.17, 15) is 0 Å². The minimum Gasteiger partial charge on any atom is -0.353 e. The number of aromatic nitrogens is 1. The van der Waals surface area contributed by atoms with Crippen LogP contribution in [0.25, 0.3) is 0 Å². The zero-order chi connectivity index (χ0) is 13.1. The first-order valence-electron chi connectivity index (χ1n) is 8.28. The highest BCUT2D eigenvalue weighted by molar-refractivity contribution is 5.29. The highest BCUT2D eigenvalue weighted by atomic mass is 15.0. The molecule has 0 amide bonds. The summed E-state index contributed by atoms with van der Waals surface area (Å²) in [5, 5.41) is 3.67.